The number of carbonyl (C=O) groups is 2. The summed E-state index contributed by atoms with van der Waals surface area (Å²) in [5.41, 5.74) is 1.65. The van der Waals surface area contributed by atoms with Crippen molar-refractivity contribution in [3.63, 3.8) is 0 Å². The minimum absolute atomic E-state index is 0.0119. The number of hydrogen-bond acceptors (Lipinski definition) is 3. The Morgan fingerprint density at radius 2 is 1.70 bits per heavy atom. The van der Waals surface area contributed by atoms with Crippen LogP contribution in [0.2, 0.25) is 0 Å². The van der Waals surface area contributed by atoms with Crippen LogP contribution in [0.1, 0.15) is 28.8 Å². The largest absolute Gasteiger partial charge is 0.497 e. The molecule has 2 aromatic carbocycles. The first-order valence-corrected chi connectivity index (χ1v) is 9.81. The highest BCUT2D eigenvalue weighted by atomic mass is 79.9. The van der Waals surface area contributed by atoms with E-state index < -0.39 is 0 Å². The number of hydrogen-bond donors (Lipinski definition) is 1. The molecule has 2 amide bonds. The third kappa shape index (κ3) is 5.32. The van der Waals surface area contributed by atoms with Gasteiger partial charge in [0.15, 0.2) is 0 Å². The molecule has 1 aliphatic rings. The summed E-state index contributed by atoms with van der Waals surface area (Å²) in [6, 6.07) is 15.0. The first-order chi connectivity index (χ1) is 13.0. The quantitative estimate of drug-likeness (QED) is 0.790. The molecular formula is C21H23BrN2O3. The smallest absolute Gasteiger partial charge is 0.253 e. The summed E-state index contributed by atoms with van der Waals surface area (Å²) in [5, 5.41) is 3.09. The van der Waals surface area contributed by atoms with Gasteiger partial charge in [-0.2, -0.15) is 0 Å². The number of halogens is 1. The van der Waals surface area contributed by atoms with Crippen molar-refractivity contribution >= 4 is 27.7 Å². The minimum Gasteiger partial charge on any atom is -0.497 e. The summed E-state index contributed by atoms with van der Waals surface area (Å²) in [6.45, 7) is 1.31. The summed E-state index contributed by atoms with van der Waals surface area (Å²) in [6.07, 6.45) is 1.90. The van der Waals surface area contributed by atoms with Crippen molar-refractivity contribution in [3.8, 4) is 5.75 Å². The average Bonchev–Trinajstić information content (AvgIpc) is 2.69. The second-order valence-corrected chi connectivity index (χ2v) is 7.58. The SMILES string of the molecule is COc1ccc(CC(=O)NC2CCN(C(=O)c3ccc(Br)cc3)CC2)cc1. The molecule has 1 N–H and O–H groups in total. The van der Waals surface area contributed by atoms with Crippen LogP contribution < -0.4 is 10.1 Å². The van der Waals surface area contributed by atoms with Gasteiger partial charge in [0, 0.05) is 29.2 Å². The number of rotatable bonds is 5. The zero-order valence-electron chi connectivity index (χ0n) is 15.3. The molecule has 5 nitrogen and oxygen atoms in total. The van der Waals surface area contributed by atoms with Crippen molar-refractivity contribution in [2.24, 2.45) is 0 Å². The van der Waals surface area contributed by atoms with Crippen LogP contribution in [0.3, 0.4) is 0 Å². The number of nitrogens with one attached hydrogen (secondary N) is 1. The van der Waals surface area contributed by atoms with Gasteiger partial charge in [0.25, 0.3) is 5.91 Å². The molecule has 0 unspecified atom stereocenters. The molecule has 0 aliphatic carbocycles. The predicted molar refractivity (Wildman–Crippen MR) is 108 cm³/mol. The lowest BCUT2D eigenvalue weighted by molar-refractivity contribution is -0.121. The lowest BCUT2D eigenvalue weighted by Crippen LogP contribution is -2.46. The highest BCUT2D eigenvalue weighted by Crippen LogP contribution is 2.17. The number of ether oxygens (including phenoxy) is 1. The van der Waals surface area contributed by atoms with Crippen molar-refractivity contribution in [2.45, 2.75) is 25.3 Å². The topological polar surface area (TPSA) is 58.6 Å². The van der Waals surface area contributed by atoms with Gasteiger partial charge in [0.05, 0.1) is 13.5 Å². The van der Waals surface area contributed by atoms with E-state index in [0.29, 0.717) is 25.1 Å². The molecule has 6 heteroatoms. The van der Waals surface area contributed by atoms with Crippen molar-refractivity contribution in [1.29, 1.82) is 0 Å². The Morgan fingerprint density at radius 1 is 1.07 bits per heavy atom. The standard InChI is InChI=1S/C21H23BrN2O3/c1-27-19-8-2-15(3-9-19)14-20(25)23-18-10-12-24(13-11-18)21(26)16-4-6-17(22)7-5-16/h2-9,18H,10-14H2,1H3,(H,23,25). The van der Waals surface area contributed by atoms with Crippen LogP contribution in [0.25, 0.3) is 0 Å². The van der Waals surface area contributed by atoms with Gasteiger partial charge in [0.1, 0.15) is 5.75 Å². The van der Waals surface area contributed by atoms with Gasteiger partial charge in [-0.25, -0.2) is 0 Å². The van der Waals surface area contributed by atoms with Gasteiger partial charge in [0.2, 0.25) is 5.91 Å². The average molecular weight is 431 g/mol. The van der Waals surface area contributed by atoms with Crippen LogP contribution in [-0.4, -0.2) is 43.0 Å². The summed E-state index contributed by atoms with van der Waals surface area (Å²) < 4.78 is 6.08. The van der Waals surface area contributed by atoms with Crippen LogP contribution in [-0.2, 0) is 11.2 Å². The summed E-state index contributed by atoms with van der Waals surface area (Å²) in [5.74, 6) is 0.838. The van der Waals surface area contributed by atoms with E-state index in [4.69, 9.17) is 4.74 Å². The van der Waals surface area contributed by atoms with Gasteiger partial charge < -0.3 is 15.0 Å². The molecule has 0 spiro atoms. The second-order valence-electron chi connectivity index (χ2n) is 6.67. The van der Waals surface area contributed by atoms with Crippen molar-refractivity contribution < 1.29 is 14.3 Å². The zero-order valence-corrected chi connectivity index (χ0v) is 16.9. The molecule has 1 aliphatic heterocycles. The Morgan fingerprint density at radius 3 is 2.30 bits per heavy atom. The Balaban J connectivity index is 1.46. The minimum atomic E-state index is 0.0119. The lowest BCUT2D eigenvalue weighted by atomic mass is 10.0. The van der Waals surface area contributed by atoms with E-state index in [0.717, 1.165) is 28.6 Å². The number of likely N-dealkylation sites (tertiary alicyclic amines) is 1. The Hall–Kier alpha value is -2.34. The molecule has 1 heterocycles. The van der Waals surface area contributed by atoms with Crippen LogP contribution in [0.15, 0.2) is 53.0 Å². The Labute approximate surface area is 167 Å². The molecule has 0 bridgehead atoms. The van der Waals surface area contributed by atoms with E-state index in [9.17, 15) is 9.59 Å². The predicted octanol–water partition coefficient (Wildman–Crippen LogP) is 3.42. The number of amides is 2. The highest BCUT2D eigenvalue weighted by molar-refractivity contribution is 9.10. The Kier molecular flexibility index (Phi) is 6.50. The van der Waals surface area contributed by atoms with E-state index in [-0.39, 0.29) is 17.9 Å². The molecule has 0 atom stereocenters. The molecule has 1 saturated heterocycles. The van der Waals surface area contributed by atoms with E-state index in [1.807, 2.05) is 53.4 Å². The van der Waals surface area contributed by atoms with Gasteiger partial charge in [-0.3, -0.25) is 9.59 Å². The van der Waals surface area contributed by atoms with E-state index in [1.54, 1.807) is 7.11 Å². The number of benzene rings is 2. The van der Waals surface area contributed by atoms with Crippen molar-refractivity contribution in [1.82, 2.24) is 10.2 Å². The molecule has 2 aromatic rings. The van der Waals surface area contributed by atoms with Crippen LogP contribution >= 0.6 is 15.9 Å². The fraction of sp³-hybridized carbons (Fsp3) is 0.333. The molecule has 0 radical (unpaired) electrons. The molecule has 0 saturated carbocycles. The summed E-state index contributed by atoms with van der Waals surface area (Å²) in [4.78, 5) is 26.7. The van der Waals surface area contributed by atoms with Crippen molar-refractivity contribution in [2.75, 3.05) is 20.2 Å². The van der Waals surface area contributed by atoms with E-state index >= 15 is 0 Å². The van der Waals surface area contributed by atoms with E-state index in [2.05, 4.69) is 21.2 Å². The monoisotopic (exact) mass is 430 g/mol. The Bertz CT molecular complexity index is 782. The second kappa shape index (κ2) is 9.04. The number of carbonyl (C=O) groups excluding carboxylic acids is 2. The number of piperidine rings is 1. The maximum atomic E-state index is 12.5. The normalized spacial score (nSPS) is 14.7. The molecule has 142 valence electrons. The molecular weight excluding hydrogens is 408 g/mol. The summed E-state index contributed by atoms with van der Waals surface area (Å²) in [7, 11) is 1.62. The maximum absolute atomic E-state index is 12.5. The number of nitrogens with zero attached hydrogens (tertiary/aromatic N) is 1. The van der Waals surface area contributed by atoms with Crippen LogP contribution in [0, 0.1) is 0 Å². The third-order valence-electron chi connectivity index (χ3n) is 4.76. The molecule has 0 aromatic heterocycles. The first kappa shape index (κ1) is 19.4. The van der Waals surface area contributed by atoms with Crippen LogP contribution in [0.5, 0.6) is 5.75 Å². The fourth-order valence-electron chi connectivity index (χ4n) is 3.21. The highest BCUT2D eigenvalue weighted by Gasteiger charge is 2.24. The van der Waals surface area contributed by atoms with Crippen LogP contribution in [0.4, 0.5) is 0 Å². The zero-order chi connectivity index (χ0) is 19.2. The lowest BCUT2D eigenvalue weighted by Gasteiger charge is -2.32. The molecule has 27 heavy (non-hydrogen) atoms. The molecule has 3 rings (SSSR count). The number of methoxy groups -OCH3 is 1. The molecule has 1 fully saturated rings. The first-order valence-electron chi connectivity index (χ1n) is 9.02. The fourth-order valence-corrected chi connectivity index (χ4v) is 3.47. The maximum Gasteiger partial charge on any atom is 0.253 e. The van der Waals surface area contributed by atoms with Gasteiger partial charge in [-0.15, -0.1) is 0 Å². The van der Waals surface area contributed by atoms with Gasteiger partial charge in [-0.05, 0) is 54.8 Å². The summed E-state index contributed by atoms with van der Waals surface area (Å²) >= 11 is 3.38. The van der Waals surface area contributed by atoms with Crippen molar-refractivity contribution in [3.05, 3.63) is 64.1 Å². The third-order valence-corrected chi connectivity index (χ3v) is 5.29. The van der Waals surface area contributed by atoms with Gasteiger partial charge >= 0.3 is 0 Å². The van der Waals surface area contributed by atoms with Gasteiger partial charge in [-0.1, -0.05) is 28.1 Å². The van der Waals surface area contributed by atoms with E-state index in [1.165, 1.54) is 0 Å².